The van der Waals surface area contributed by atoms with Crippen LogP contribution in [0.3, 0.4) is 0 Å². The minimum absolute atomic E-state index is 0.0516. The number of nitriles is 1. The van der Waals surface area contributed by atoms with Gasteiger partial charge in [0.1, 0.15) is 18.2 Å². The Hall–Kier alpha value is -2.20. The zero-order chi connectivity index (χ0) is 23.1. The summed E-state index contributed by atoms with van der Waals surface area (Å²) in [5.74, 6) is 0.666. The molecule has 0 radical (unpaired) electrons. The number of hydrogen-bond acceptors (Lipinski definition) is 4. The Balaban J connectivity index is 1.81. The fraction of sp³-hybridized carbons (Fsp3) is 0.333. The molecule has 168 valence electrons. The fourth-order valence-electron chi connectivity index (χ4n) is 3.51. The van der Waals surface area contributed by atoms with E-state index in [2.05, 4.69) is 21.2 Å². The van der Waals surface area contributed by atoms with Crippen molar-refractivity contribution in [2.24, 2.45) is 0 Å². The molecular weight excluding hydrogens is 515 g/mol. The van der Waals surface area contributed by atoms with E-state index in [9.17, 15) is 10.1 Å². The van der Waals surface area contributed by atoms with Crippen LogP contribution in [-0.4, -0.2) is 18.6 Å². The number of rotatable bonds is 8. The first-order chi connectivity index (χ1) is 15.4. The van der Waals surface area contributed by atoms with Gasteiger partial charge in [-0.2, -0.15) is 5.26 Å². The van der Waals surface area contributed by atoms with Crippen molar-refractivity contribution in [2.45, 2.75) is 45.3 Å². The van der Waals surface area contributed by atoms with E-state index in [1.807, 2.05) is 19.1 Å². The lowest BCUT2D eigenvalue weighted by Gasteiger charge is -2.15. The molecule has 1 amide bonds. The number of carbonyl (C=O) groups is 1. The number of hydrogen-bond donors (Lipinski definition) is 1. The van der Waals surface area contributed by atoms with Crippen molar-refractivity contribution < 1.29 is 14.3 Å². The number of ether oxygens (including phenoxy) is 2. The highest BCUT2D eigenvalue weighted by Gasteiger charge is 2.20. The highest BCUT2D eigenvalue weighted by Crippen LogP contribution is 2.38. The van der Waals surface area contributed by atoms with E-state index in [1.165, 1.54) is 0 Å². The number of nitrogens with one attached hydrogen (secondary N) is 1. The molecule has 0 saturated heterocycles. The molecule has 0 spiro atoms. The average molecular weight is 538 g/mol. The first-order valence-corrected chi connectivity index (χ1v) is 11.9. The molecule has 2 aromatic carbocycles. The number of amides is 1. The Kier molecular flexibility index (Phi) is 8.86. The van der Waals surface area contributed by atoms with Gasteiger partial charge in [-0.3, -0.25) is 4.79 Å². The van der Waals surface area contributed by atoms with Gasteiger partial charge in [-0.1, -0.05) is 42.1 Å². The maximum absolute atomic E-state index is 12.5. The predicted octanol–water partition coefficient (Wildman–Crippen LogP) is 6.70. The molecular formula is C24H23BrCl2N2O3. The third kappa shape index (κ3) is 6.41. The molecule has 1 aliphatic carbocycles. The Bertz CT molecular complexity index is 1060. The molecule has 0 aromatic heterocycles. The Morgan fingerprint density at radius 3 is 2.62 bits per heavy atom. The van der Waals surface area contributed by atoms with Crippen molar-refractivity contribution >= 4 is 51.1 Å². The van der Waals surface area contributed by atoms with Crippen LogP contribution in [0.2, 0.25) is 10.0 Å². The van der Waals surface area contributed by atoms with Gasteiger partial charge in [-0.15, -0.1) is 0 Å². The molecule has 0 aliphatic heterocycles. The fourth-order valence-corrected chi connectivity index (χ4v) is 4.40. The van der Waals surface area contributed by atoms with Crippen LogP contribution in [-0.2, 0) is 11.4 Å². The highest BCUT2D eigenvalue weighted by molar-refractivity contribution is 9.10. The SMILES string of the molecule is CCOc1cc(/C=C(/C#N)C(=O)NC2CCCC2)cc(Br)c1OCc1ccc(Cl)c(Cl)c1. The van der Waals surface area contributed by atoms with Crippen LogP contribution in [0.15, 0.2) is 40.4 Å². The lowest BCUT2D eigenvalue weighted by molar-refractivity contribution is -0.117. The molecule has 2 aromatic rings. The van der Waals surface area contributed by atoms with Gasteiger partial charge in [0.2, 0.25) is 0 Å². The zero-order valence-corrected chi connectivity index (χ0v) is 20.7. The summed E-state index contributed by atoms with van der Waals surface area (Å²) in [6, 6.07) is 11.0. The van der Waals surface area contributed by atoms with Gasteiger partial charge in [-0.25, -0.2) is 0 Å². The molecule has 0 heterocycles. The van der Waals surface area contributed by atoms with Crippen molar-refractivity contribution in [1.82, 2.24) is 5.32 Å². The first-order valence-electron chi connectivity index (χ1n) is 10.4. The summed E-state index contributed by atoms with van der Waals surface area (Å²) in [6.45, 7) is 2.56. The largest absolute Gasteiger partial charge is 0.490 e. The lowest BCUT2D eigenvalue weighted by Crippen LogP contribution is -2.33. The van der Waals surface area contributed by atoms with Gasteiger partial charge in [-0.05, 0) is 77.2 Å². The van der Waals surface area contributed by atoms with Crippen molar-refractivity contribution in [1.29, 1.82) is 5.26 Å². The van der Waals surface area contributed by atoms with Gasteiger partial charge in [0.15, 0.2) is 11.5 Å². The molecule has 1 aliphatic rings. The van der Waals surface area contributed by atoms with Crippen LogP contribution in [0, 0.1) is 11.3 Å². The van der Waals surface area contributed by atoms with Crippen molar-refractivity contribution in [3.05, 3.63) is 61.5 Å². The van der Waals surface area contributed by atoms with Crippen molar-refractivity contribution in [3.8, 4) is 17.6 Å². The summed E-state index contributed by atoms with van der Waals surface area (Å²) in [6.07, 6.45) is 5.67. The first kappa shape index (κ1) is 24.4. The quantitative estimate of drug-likeness (QED) is 0.300. The lowest BCUT2D eigenvalue weighted by atomic mass is 10.1. The van der Waals surface area contributed by atoms with E-state index in [0.717, 1.165) is 31.2 Å². The van der Waals surface area contributed by atoms with Crippen molar-refractivity contribution in [2.75, 3.05) is 6.61 Å². The van der Waals surface area contributed by atoms with E-state index in [1.54, 1.807) is 30.3 Å². The second kappa shape index (κ2) is 11.6. The Morgan fingerprint density at radius 1 is 1.22 bits per heavy atom. The topological polar surface area (TPSA) is 71.3 Å². The summed E-state index contributed by atoms with van der Waals surface area (Å²) < 4.78 is 12.4. The van der Waals surface area contributed by atoms with E-state index < -0.39 is 0 Å². The Labute approximate surface area is 206 Å². The van der Waals surface area contributed by atoms with E-state index >= 15 is 0 Å². The molecule has 1 saturated carbocycles. The van der Waals surface area contributed by atoms with Crippen LogP contribution in [0.5, 0.6) is 11.5 Å². The molecule has 5 nitrogen and oxygen atoms in total. The summed E-state index contributed by atoms with van der Waals surface area (Å²) >= 11 is 15.6. The molecule has 0 atom stereocenters. The molecule has 0 bridgehead atoms. The number of nitrogens with zero attached hydrogens (tertiary/aromatic N) is 1. The monoisotopic (exact) mass is 536 g/mol. The van der Waals surface area contributed by atoms with Gasteiger partial charge >= 0.3 is 0 Å². The number of benzene rings is 2. The third-order valence-electron chi connectivity index (χ3n) is 5.07. The van der Waals surface area contributed by atoms with Crippen LogP contribution in [0.25, 0.3) is 6.08 Å². The van der Waals surface area contributed by atoms with Crippen LogP contribution < -0.4 is 14.8 Å². The second-order valence-corrected chi connectivity index (χ2v) is 9.09. The molecule has 0 unspecified atom stereocenters. The molecule has 32 heavy (non-hydrogen) atoms. The average Bonchev–Trinajstić information content (AvgIpc) is 3.27. The number of carbonyl (C=O) groups excluding carboxylic acids is 1. The molecule has 1 N–H and O–H groups in total. The second-order valence-electron chi connectivity index (χ2n) is 7.42. The van der Waals surface area contributed by atoms with Crippen LogP contribution >= 0.6 is 39.1 Å². The summed E-state index contributed by atoms with van der Waals surface area (Å²) in [5, 5.41) is 13.4. The van der Waals surface area contributed by atoms with E-state index in [0.29, 0.717) is 38.2 Å². The standard InChI is InChI=1S/C24H23BrCl2N2O3/c1-2-31-22-12-16(9-17(13-28)24(30)29-18-5-3-4-6-18)10-19(25)23(22)32-14-15-7-8-20(26)21(27)11-15/h7-12,18H,2-6,14H2,1H3,(H,29,30)/b17-9-. The number of halogens is 3. The van der Waals surface area contributed by atoms with Gasteiger partial charge < -0.3 is 14.8 Å². The van der Waals surface area contributed by atoms with Gasteiger partial charge in [0.25, 0.3) is 5.91 Å². The third-order valence-corrected chi connectivity index (χ3v) is 6.39. The van der Waals surface area contributed by atoms with E-state index in [4.69, 9.17) is 32.7 Å². The predicted molar refractivity (Wildman–Crippen MR) is 130 cm³/mol. The van der Waals surface area contributed by atoms with Gasteiger partial charge in [0.05, 0.1) is 21.1 Å². The summed E-state index contributed by atoms with van der Waals surface area (Å²) in [4.78, 5) is 12.5. The minimum atomic E-state index is -0.353. The smallest absolute Gasteiger partial charge is 0.262 e. The summed E-state index contributed by atoms with van der Waals surface area (Å²) in [7, 11) is 0. The molecule has 8 heteroatoms. The van der Waals surface area contributed by atoms with E-state index in [-0.39, 0.29) is 24.1 Å². The van der Waals surface area contributed by atoms with Crippen LogP contribution in [0.4, 0.5) is 0 Å². The minimum Gasteiger partial charge on any atom is -0.490 e. The highest BCUT2D eigenvalue weighted by atomic mass is 79.9. The maximum atomic E-state index is 12.5. The zero-order valence-electron chi connectivity index (χ0n) is 17.6. The maximum Gasteiger partial charge on any atom is 0.262 e. The van der Waals surface area contributed by atoms with Crippen molar-refractivity contribution in [3.63, 3.8) is 0 Å². The molecule has 1 fully saturated rings. The normalized spacial score (nSPS) is 14.2. The summed E-state index contributed by atoms with van der Waals surface area (Å²) in [5.41, 5.74) is 1.56. The van der Waals surface area contributed by atoms with Crippen LogP contribution in [0.1, 0.15) is 43.7 Å². The van der Waals surface area contributed by atoms with Gasteiger partial charge in [0, 0.05) is 6.04 Å². The Morgan fingerprint density at radius 2 is 1.97 bits per heavy atom. The molecule has 3 rings (SSSR count).